The van der Waals surface area contributed by atoms with Gasteiger partial charge in [-0.15, -0.1) is 0 Å². The zero-order valence-electron chi connectivity index (χ0n) is 20.5. The molecule has 0 spiro atoms. The van der Waals surface area contributed by atoms with Crippen LogP contribution in [0.5, 0.6) is 0 Å². The number of hydrogen-bond donors (Lipinski definition) is 1. The van der Waals surface area contributed by atoms with Gasteiger partial charge >= 0.3 is 0 Å². The first kappa shape index (κ1) is 22.2. The van der Waals surface area contributed by atoms with Crippen LogP contribution in [-0.2, 0) is 0 Å². The number of aliphatic hydroxyl groups is 1. The van der Waals surface area contributed by atoms with E-state index in [0.717, 1.165) is 48.3 Å². The highest BCUT2D eigenvalue weighted by atomic mass is 16.3. The van der Waals surface area contributed by atoms with E-state index in [0.29, 0.717) is 16.2 Å². The maximum absolute atomic E-state index is 10.3. The maximum atomic E-state index is 10.3. The van der Waals surface area contributed by atoms with Crippen LogP contribution in [0, 0.1) is 51.8 Å². The standard InChI is InChI=1S/C28H50O/c1-19(2)8-7-9-20(3)23-13-16-28(6)25-11-10-21-18-22(29)12-15-26(21,4)24(25)14-17-27(23,28)5/h19-25,29H,7-18H2,1-6H3. The van der Waals surface area contributed by atoms with Gasteiger partial charge in [-0.1, -0.05) is 60.8 Å². The molecule has 9 unspecified atom stereocenters. The third-order valence-electron chi connectivity index (χ3n) is 11.7. The molecule has 1 N–H and O–H groups in total. The summed E-state index contributed by atoms with van der Waals surface area (Å²) in [5.74, 6) is 5.33. The van der Waals surface area contributed by atoms with E-state index >= 15 is 0 Å². The molecular weight excluding hydrogens is 352 g/mol. The van der Waals surface area contributed by atoms with Crippen molar-refractivity contribution in [2.75, 3.05) is 0 Å². The van der Waals surface area contributed by atoms with E-state index in [1.807, 2.05) is 0 Å². The second-order valence-corrected chi connectivity index (χ2v) is 13.2. The lowest BCUT2D eigenvalue weighted by Gasteiger charge is -2.65. The van der Waals surface area contributed by atoms with Crippen molar-refractivity contribution in [3.63, 3.8) is 0 Å². The van der Waals surface area contributed by atoms with Crippen LogP contribution >= 0.6 is 0 Å². The topological polar surface area (TPSA) is 20.2 Å². The Hall–Kier alpha value is -0.0400. The van der Waals surface area contributed by atoms with Crippen LogP contribution < -0.4 is 0 Å². The Kier molecular flexibility index (Phi) is 5.98. The fraction of sp³-hybridized carbons (Fsp3) is 1.00. The quantitative estimate of drug-likeness (QED) is 0.496. The van der Waals surface area contributed by atoms with Gasteiger partial charge in [0.05, 0.1) is 6.10 Å². The molecule has 0 bridgehead atoms. The molecule has 0 aromatic carbocycles. The van der Waals surface area contributed by atoms with Crippen molar-refractivity contribution in [2.45, 2.75) is 125 Å². The molecule has 0 aliphatic heterocycles. The molecule has 1 heteroatoms. The fourth-order valence-electron chi connectivity index (χ4n) is 9.65. The van der Waals surface area contributed by atoms with Gasteiger partial charge < -0.3 is 5.11 Å². The minimum absolute atomic E-state index is 0.0170. The number of rotatable bonds is 5. The lowest BCUT2D eigenvalue weighted by Crippen LogP contribution is -2.58. The number of aliphatic hydroxyl groups excluding tert-OH is 1. The second kappa shape index (κ2) is 7.83. The molecule has 0 heterocycles. The van der Waals surface area contributed by atoms with E-state index in [2.05, 4.69) is 41.5 Å². The van der Waals surface area contributed by atoms with E-state index in [9.17, 15) is 5.11 Å². The van der Waals surface area contributed by atoms with Crippen molar-refractivity contribution < 1.29 is 5.11 Å². The van der Waals surface area contributed by atoms with Gasteiger partial charge in [0.25, 0.3) is 0 Å². The molecule has 0 aromatic heterocycles. The normalized spacial score (nSPS) is 50.7. The van der Waals surface area contributed by atoms with Crippen LogP contribution in [-0.4, -0.2) is 11.2 Å². The van der Waals surface area contributed by atoms with Gasteiger partial charge in [-0.25, -0.2) is 0 Å². The Morgan fingerprint density at radius 1 is 0.793 bits per heavy atom. The molecule has 4 fully saturated rings. The van der Waals surface area contributed by atoms with Gasteiger partial charge in [0, 0.05) is 0 Å². The summed E-state index contributed by atoms with van der Waals surface area (Å²) in [4.78, 5) is 0. The van der Waals surface area contributed by atoms with Gasteiger partial charge in [-0.3, -0.25) is 0 Å². The third kappa shape index (κ3) is 3.44. The van der Waals surface area contributed by atoms with Crippen molar-refractivity contribution >= 4 is 0 Å². The summed E-state index contributed by atoms with van der Waals surface area (Å²) in [6, 6.07) is 0. The first-order chi connectivity index (χ1) is 13.6. The van der Waals surface area contributed by atoms with E-state index < -0.39 is 0 Å². The highest BCUT2D eigenvalue weighted by Crippen LogP contribution is 2.73. The molecule has 4 saturated carbocycles. The molecule has 4 rings (SSSR count). The van der Waals surface area contributed by atoms with Crippen molar-refractivity contribution in [1.29, 1.82) is 0 Å². The first-order valence-electron chi connectivity index (χ1n) is 13.3. The highest BCUT2D eigenvalue weighted by Gasteiger charge is 2.65. The average molecular weight is 403 g/mol. The van der Waals surface area contributed by atoms with Gasteiger partial charge in [0.2, 0.25) is 0 Å². The predicted octanol–water partition coefficient (Wildman–Crippen LogP) is 7.86. The van der Waals surface area contributed by atoms with Crippen LogP contribution in [0.15, 0.2) is 0 Å². The van der Waals surface area contributed by atoms with Gasteiger partial charge in [0.15, 0.2) is 0 Å². The monoisotopic (exact) mass is 402 g/mol. The summed E-state index contributed by atoms with van der Waals surface area (Å²) in [6.07, 6.45) is 16.4. The average Bonchev–Trinajstić information content (AvgIpc) is 2.93. The Labute approximate surface area is 181 Å². The summed E-state index contributed by atoms with van der Waals surface area (Å²) >= 11 is 0. The van der Waals surface area contributed by atoms with Crippen molar-refractivity contribution in [2.24, 2.45) is 51.8 Å². The molecule has 0 aromatic rings. The van der Waals surface area contributed by atoms with E-state index in [4.69, 9.17) is 0 Å². The molecular formula is C28H50O. The molecule has 4 aliphatic carbocycles. The summed E-state index contributed by atoms with van der Waals surface area (Å²) in [6.45, 7) is 15.4. The smallest absolute Gasteiger partial charge is 0.0543 e. The Bertz CT molecular complexity index is 583. The third-order valence-corrected chi connectivity index (χ3v) is 11.7. The maximum Gasteiger partial charge on any atom is 0.0543 e. The molecule has 0 amide bonds. The van der Waals surface area contributed by atoms with E-state index in [1.165, 1.54) is 64.2 Å². The molecule has 1 nitrogen and oxygen atoms in total. The Balaban J connectivity index is 1.52. The van der Waals surface area contributed by atoms with Crippen molar-refractivity contribution in [3.8, 4) is 0 Å². The van der Waals surface area contributed by atoms with Crippen LogP contribution in [0.2, 0.25) is 0 Å². The zero-order valence-corrected chi connectivity index (χ0v) is 20.5. The number of hydrogen-bond acceptors (Lipinski definition) is 1. The minimum atomic E-state index is -0.0170. The van der Waals surface area contributed by atoms with E-state index in [1.54, 1.807) is 0 Å². The van der Waals surface area contributed by atoms with Crippen LogP contribution in [0.25, 0.3) is 0 Å². The van der Waals surface area contributed by atoms with Gasteiger partial charge in [0.1, 0.15) is 0 Å². The van der Waals surface area contributed by atoms with Gasteiger partial charge in [-0.05, 0) is 110 Å². The number of fused-ring (bicyclic) bond motifs is 5. The summed E-state index contributed by atoms with van der Waals surface area (Å²) in [5.41, 5.74) is 1.62. The molecule has 0 saturated heterocycles. The summed E-state index contributed by atoms with van der Waals surface area (Å²) in [7, 11) is 0. The molecule has 0 radical (unpaired) electrons. The molecule has 29 heavy (non-hydrogen) atoms. The summed E-state index contributed by atoms with van der Waals surface area (Å²) < 4.78 is 0. The SMILES string of the molecule is CC(C)CCCC(C)C1CCC2(C)C3CCC4CC(O)CCC4(C)C3CCC12C. The van der Waals surface area contributed by atoms with E-state index in [-0.39, 0.29) is 6.10 Å². The lowest BCUT2D eigenvalue weighted by atomic mass is 9.40. The van der Waals surface area contributed by atoms with Gasteiger partial charge in [-0.2, -0.15) is 0 Å². The highest BCUT2D eigenvalue weighted by molar-refractivity contribution is 5.14. The Morgan fingerprint density at radius 2 is 1.52 bits per heavy atom. The Morgan fingerprint density at radius 3 is 2.24 bits per heavy atom. The zero-order chi connectivity index (χ0) is 21.0. The molecule has 9 atom stereocenters. The molecule has 4 aliphatic rings. The summed E-state index contributed by atoms with van der Waals surface area (Å²) in [5, 5.41) is 10.3. The lowest BCUT2D eigenvalue weighted by molar-refractivity contribution is -0.165. The molecule has 168 valence electrons. The van der Waals surface area contributed by atoms with Crippen LogP contribution in [0.4, 0.5) is 0 Å². The van der Waals surface area contributed by atoms with Crippen molar-refractivity contribution in [1.82, 2.24) is 0 Å². The van der Waals surface area contributed by atoms with Crippen LogP contribution in [0.3, 0.4) is 0 Å². The largest absolute Gasteiger partial charge is 0.393 e. The first-order valence-corrected chi connectivity index (χ1v) is 13.3. The van der Waals surface area contributed by atoms with Crippen LogP contribution in [0.1, 0.15) is 119 Å². The second-order valence-electron chi connectivity index (χ2n) is 13.2. The predicted molar refractivity (Wildman–Crippen MR) is 124 cm³/mol. The minimum Gasteiger partial charge on any atom is -0.393 e. The fourth-order valence-corrected chi connectivity index (χ4v) is 9.65. The van der Waals surface area contributed by atoms with Crippen molar-refractivity contribution in [3.05, 3.63) is 0 Å².